The number of hydrogen-bond acceptors (Lipinski definition) is 4. The molecule has 0 bridgehead atoms. The molecule has 1 atom stereocenters. The summed E-state index contributed by atoms with van der Waals surface area (Å²) in [5, 5.41) is 0. The van der Waals surface area contributed by atoms with Crippen LogP contribution in [0.3, 0.4) is 0 Å². The summed E-state index contributed by atoms with van der Waals surface area (Å²) in [6, 6.07) is 0. The van der Waals surface area contributed by atoms with Gasteiger partial charge in [-0.25, -0.2) is 0 Å². The maximum absolute atomic E-state index is 11.3. The van der Waals surface area contributed by atoms with Crippen molar-refractivity contribution in [2.75, 3.05) is 13.2 Å². The summed E-state index contributed by atoms with van der Waals surface area (Å²) < 4.78 is 15.6. The Kier molecular flexibility index (Phi) is 1.66. The Morgan fingerprint density at radius 3 is 2.67 bits per heavy atom. The average molecular weight is 170 g/mol. The van der Waals surface area contributed by atoms with Crippen molar-refractivity contribution < 1.29 is 19.0 Å². The molecule has 1 fully saturated rings. The van der Waals surface area contributed by atoms with E-state index in [1.807, 2.05) is 0 Å². The van der Waals surface area contributed by atoms with E-state index < -0.39 is 11.9 Å². The van der Waals surface area contributed by atoms with Crippen LogP contribution in [0.1, 0.15) is 6.92 Å². The van der Waals surface area contributed by atoms with Gasteiger partial charge in [0.05, 0.1) is 19.5 Å². The van der Waals surface area contributed by atoms with Gasteiger partial charge < -0.3 is 14.2 Å². The Labute approximate surface area is 70.1 Å². The predicted molar refractivity (Wildman–Crippen MR) is 39.3 cm³/mol. The molecule has 0 radical (unpaired) electrons. The van der Waals surface area contributed by atoms with Gasteiger partial charge in [0.15, 0.2) is 0 Å². The van der Waals surface area contributed by atoms with Crippen LogP contribution >= 0.6 is 0 Å². The molecule has 4 heteroatoms. The molecule has 0 aromatic heterocycles. The van der Waals surface area contributed by atoms with Crippen molar-refractivity contribution in [2.45, 2.75) is 18.8 Å². The number of ketones is 1. The summed E-state index contributed by atoms with van der Waals surface area (Å²) in [6.45, 7) is 2.72. The quantitative estimate of drug-likeness (QED) is 0.565. The van der Waals surface area contributed by atoms with Crippen LogP contribution in [-0.4, -0.2) is 30.9 Å². The van der Waals surface area contributed by atoms with Crippen molar-refractivity contribution in [2.24, 2.45) is 0 Å². The van der Waals surface area contributed by atoms with E-state index in [0.717, 1.165) is 0 Å². The summed E-state index contributed by atoms with van der Waals surface area (Å²) in [4.78, 5) is 11.3. The van der Waals surface area contributed by atoms with E-state index >= 15 is 0 Å². The monoisotopic (exact) mass is 170 g/mol. The molecule has 2 aliphatic heterocycles. The molecule has 12 heavy (non-hydrogen) atoms. The molecule has 1 unspecified atom stereocenters. The number of hydrogen-bond donors (Lipinski definition) is 0. The van der Waals surface area contributed by atoms with Gasteiger partial charge in [0.25, 0.3) is 0 Å². The first-order valence-electron chi connectivity index (χ1n) is 3.85. The second-order valence-corrected chi connectivity index (χ2v) is 2.97. The summed E-state index contributed by atoms with van der Waals surface area (Å²) in [7, 11) is 0. The van der Waals surface area contributed by atoms with Crippen molar-refractivity contribution in [3.8, 4) is 0 Å². The van der Waals surface area contributed by atoms with Crippen molar-refractivity contribution in [1.82, 2.24) is 0 Å². The maximum Gasteiger partial charge on any atom is 0.217 e. The normalized spacial score (nSPS) is 35.9. The SMILES string of the molecule is CC1(C2OCCO2)OC=CC1=O. The molecule has 0 aliphatic carbocycles. The topological polar surface area (TPSA) is 44.8 Å². The summed E-state index contributed by atoms with van der Waals surface area (Å²) in [6.07, 6.45) is 2.22. The molecular formula is C8H10O4. The standard InChI is InChI=1S/C8H10O4/c1-8(6(9)2-3-12-8)7-10-4-5-11-7/h2-3,7H,4-5H2,1H3. The Balaban J connectivity index is 2.15. The lowest BCUT2D eigenvalue weighted by atomic mass is 10.0. The first kappa shape index (κ1) is 7.76. The zero-order chi connectivity index (χ0) is 8.60. The van der Waals surface area contributed by atoms with Crippen LogP contribution in [-0.2, 0) is 19.0 Å². The Morgan fingerprint density at radius 1 is 1.50 bits per heavy atom. The molecular weight excluding hydrogens is 160 g/mol. The van der Waals surface area contributed by atoms with Gasteiger partial charge >= 0.3 is 0 Å². The predicted octanol–water partition coefficient (Wildman–Crippen LogP) is 0.231. The maximum atomic E-state index is 11.3. The van der Waals surface area contributed by atoms with Crippen LogP contribution in [0.5, 0.6) is 0 Å². The van der Waals surface area contributed by atoms with Gasteiger partial charge in [-0.1, -0.05) is 0 Å². The molecule has 0 spiro atoms. The highest BCUT2D eigenvalue weighted by Gasteiger charge is 2.47. The van der Waals surface area contributed by atoms with E-state index in [4.69, 9.17) is 14.2 Å². The van der Waals surface area contributed by atoms with Crippen molar-refractivity contribution in [3.05, 3.63) is 12.3 Å². The highest BCUT2D eigenvalue weighted by atomic mass is 16.7. The molecule has 0 aromatic rings. The smallest absolute Gasteiger partial charge is 0.217 e. The van der Waals surface area contributed by atoms with Crippen molar-refractivity contribution in [1.29, 1.82) is 0 Å². The first-order chi connectivity index (χ1) is 5.73. The molecule has 4 nitrogen and oxygen atoms in total. The Hall–Kier alpha value is -0.870. The Bertz CT molecular complexity index is 229. The zero-order valence-corrected chi connectivity index (χ0v) is 6.78. The van der Waals surface area contributed by atoms with Gasteiger partial charge in [-0.3, -0.25) is 4.79 Å². The van der Waals surface area contributed by atoms with Crippen molar-refractivity contribution >= 4 is 5.78 Å². The fourth-order valence-electron chi connectivity index (χ4n) is 1.31. The lowest BCUT2D eigenvalue weighted by Crippen LogP contribution is -2.45. The second-order valence-electron chi connectivity index (χ2n) is 2.97. The summed E-state index contributed by atoms with van der Waals surface area (Å²) >= 11 is 0. The first-order valence-corrected chi connectivity index (χ1v) is 3.85. The minimum atomic E-state index is -0.962. The lowest BCUT2D eigenvalue weighted by molar-refractivity contribution is -0.176. The van der Waals surface area contributed by atoms with Crippen LogP contribution in [0.25, 0.3) is 0 Å². The second kappa shape index (κ2) is 2.57. The van der Waals surface area contributed by atoms with Crippen molar-refractivity contribution in [3.63, 3.8) is 0 Å². The van der Waals surface area contributed by atoms with Gasteiger partial charge in [-0.15, -0.1) is 0 Å². The van der Waals surface area contributed by atoms with E-state index in [9.17, 15) is 4.79 Å². The average Bonchev–Trinajstić information content (AvgIpc) is 2.62. The number of rotatable bonds is 1. The van der Waals surface area contributed by atoms with Gasteiger partial charge in [-0.05, 0) is 6.92 Å². The minimum absolute atomic E-state index is 0.102. The van der Waals surface area contributed by atoms with Crippen LogP contribution in [0, 0.1) is 0 Å². The largest absolute Gasteiger partial charge is 0.481 e. The third-order valence-corrected chi connectivity index (χ3v) is 2.09. The van der Waals surface area contributed by atoms with E-state index in [-0.39, 0.29) is 5.78 Å². The molecule has 0 amide bonds. The molecule has 0 saturated carbocycles. The molecule has 66 valence electrons. The minimum Gasteiger partial charge on any atom is -0.481 e. The van der Waals surface area contributed by atoms with Gasteiger partial charge in [0.2, 0.25) is 17.7 Å². The molecule has 0 aromatic carbocycles. The number of carbonyl (C=O) groups is 1. The molecule has 2 heterocycles. The van der Waals surface area contributed by atoms with Crippen LogP contribution in [0.15, 0.2) is 12.3 Å². The molecule has 0 N–H and O–H groups in total. The molecule has 2 rings (SSSR count). The highest BCUT2D eigenvalue weighted by Crippen LogP contribution is 2.28. The van der Waals surface area contributed by atoms with Crippen LogP contribution < -0.4 is 0 Å². The third-order valence-electron chi connectivity index (χ3n) is 2.09. The third kappa shape index (κ3) is 0.956. The summed E-state index contributed by atoms with van der Waals surface area (Å²) in [5.41, 5.74) is -0.962. The van der Waals surface area contributed by atoms with Gasteiger partial charge in [-0.2, -0.15) is 0 Å². The molecule has 1 saturated heterocycles. The van der Waals surface area contributed by atoms with E-state index in [1.54, 1.807) is 6.92 Å². The zero-order valence-electron chi connectivity index (χ0n) is 6.78. The van der Waals surface area contributed by atoms with Crippen LogP contribution in [0.4, 0.5) is 0 Å². The number of carbonyl (C=O) groups excluding carboxylic acids is 1. The fraction of sp³-hybridized carbons (Fsp3) is 0.625. The lowest BCUT2D eigenvalue weighted by Gasteiger charge is -2.26. The van der Waals surface area contributed by atoms with E-state index in [2.05, 4.69) is 0 Å². The summed E-state index contributed by atoms with van der Waals surface area (Å²) in [5.74, 6) is -0.102. The molecule has 2 aliphatic rings. The van der Waals surface area contributed by atoms with E-state index in [0.29, 0.717) is 13.2 Å². The number of ether oxygens (including phenoxy) is 3. The fourth-order valence-corrected chi connectivity index (χ4v) is 1.31. The van der Waals surface area contributed by atoms with Gasteiger partial charge in [0, 0.05) is 6.08 Å². The highest BCUT2D eigenvalue weighted by molar-refractivity contribution is 5.98. The Morgan fingerprint density at radius 2 is 2.17 bits per heavy atom. The van der Waals surface area contributed by atoms with Gasteiger partial charge in [0.1, 0.15) is 0 Å². The van der Waals surface area contributed by atoms with Crippen LogP contribution in [0.2, 0.25) is 0 Å². The van der Waals surface area contributed by atoms with E-state index in [1.165, 1.54) is 12.3 Å².